The maximum absolute atomic E-state index is 14.2. The van der Waals surface area contributed by atoms with Crippen LogP contribution in [0.15, 0.2) is 0 Å². The summed E-state index contributed by atoms with van der Waals surface area (Å²) < 4.78 is 62.1. The van der Waals surface area contributed by atoms with Crippen molar-refractivity contribution in [2.45, 2.75) is 345 Å². The van der Waals surface area contributed by atoms with E-state index >= 15 is 0 Å². The molecule has 38 heteroatoms. The molecule has 15 N–H and O–H groups in total. The fourth-order valence-electron chi connectivity index (χ4n) is 16.0. The smallest absolute Gasteiger partial charge is 0.407 e. The molecule has 15 unspecified atom stereocenters. The average Bonchev–Trinajstić information content (AvgIpc) is 1.68. The van der Waals surface area contributed by atoms with Gasteiger partial charge in [0, 0.05) is 166 Å². The minimum atomic E-state index is -1.23. The van der Waals surface area contributed by atoms with E-state index in [0.29, 0.717) is 142 Å². The van der Waals surface area contributed by atoms with Gasteiger partial charge in [-0.15, -0.1) is 0 Å². The van der Waals surface area contributed by atoms with Crippen LogP contribution in [0.3, 0.4) is 0 Å². The normalized spacial score (nSPS) is 24.6. The largest absolute Gasteiger partial charge is 0.466 e. The monoisotopic (exact) mass is 1900 g/mol. The van der Waals surface area contributed by atoms with Crippen molar-refractivity contribution in [1.29, 1.82) is 0 Å². The van der Waals surface area contributed by atoms with Crippen molar-refractivity contribution < 1.29 is 189 Å². The predicted octanol–water partition coefficient (Wildman–Crippen LogP) is 3.78. The number of rotatable bonds is 74. The number of nitrogens with one attached hydrogen (secondary N) is 4. The van der Waals surface area contributed by atoms with E-state index < -0.39 is 123 Å². The number of esters is 2. The number of Topliss-reactive ketones (excluding diaryl/α,β-unsaturated/α-hetero) is 3. The Kier molecular flexibility index (Phi) is 64.4. The SMILES string of the molecule is CC1C(OCCCC(=O)CCCCCCCNC(=O)OCCCC(CCCOC(=O)CCCCCCCNC(=O)CCCOC2OC(CO)C(O)C(O)C2C)(CCCOC(=O)CCCCCCCNC(=O)CCCOC2OC(CO)C(O)C(O)C2C)CC(=O)CCC(=O)NCCOCCOCC(=O)CCCCC(=O)N2C[C@@H](CO)C[C@@H]2CO)OC(CO)C(O)C1O.[Y]. The van der Waals surface area contributed by atoms with Gasteiger partial charge in [-0.3, -0.25) is 43.2 Å². The van der Waals surface area contributed by atoms with E-state index in [9.17, 15) is 104 Å². The van der Waals surface area contributed by atoms with E-state index in [1.165, 1.54) is 0 Å². The quantitative estimate of drug-likeness (QED) is 0.0234. The summed E-state index contributed by atoms with van der Waals surface area (Å²) in [5.74, 6) is -3.44. The maximum atomic E-state index is 14.2. The van der Waals surface area contributed by atoms with Gasteiger partial charge in [0.15, 0.2) is 24.7 Å². The van der Waals surface area contributed by atoms with Crippen molar-refractivity contribution in [1.82, 2.24) is 26.2 Å². The van der Waals surface area contributed by atoms with Gasteiger partial charge in [-0.25, -0.2) is 4.79 Å². The van der Waals surface area contributed by atoms with Crippen molar-refractivity contribution >= 4 is 59.0 Å². The van der Waals surface area contributed by atoms with Crippen LogP contribution in [-0.4, -0.2) is 332 Å². The Morgan fingerprint density at radius 3 is 1.20 bits per heavy atom. The zero-order chi connectivity index (χ0) is 92.3. The molecule has 4 aliphatic rings. The van der Waals surface area contributed by atoms with Crippen molar-refractivity contribution in [2.75, 3.05) is 132 Å². The number of ether oxygens (including phenoxy) is 11. The van der Waals surface area contributed by atoms with E-state index in [1.54, 1.807) is 25.7 Å². The molecular weight excluding hydrogens is 1740 g/mol. The molecule has 733 valence electrons. The van der Waals surface area contributed by atoms with Gasteiger partial charge in [0.25, 0.3) is 0 Å². The predicted molar refractivity (Wildman–Crippen MR) is 457 cm³/mol. The Morgan fingerprint density at radius 1 is 0.354 bits per heavy atom. The fourth-order valence-corrected chi connectivity index (χ4v) is 16.0. The molecule has 1 radical (unpaired) electrons. The third kappa shape index (κ3) is 49.3. The Morgan fingerprint density at radius 2 is 0.740 bits per heavy atom. The molecule has 4 rings (SSSR count). The molecule has 0 saturated carbocycles. The molecule has 0 bridgehead atoms. The number of unbranched alkanes of at least 4 members (excludes halogenated alkanes) is 13. The molecule has 4 fully saturated rings. The van der Waals surface area contributed by atoms with Crippen LogP contribution in [0.4, 0.5) is 4.79 Å². The van der Waals surface area contributed by atoms with Gasteiger partial charge in [-0.1, -0.05) is 78.6 Å². The van der Waals surface area contributed by atoms with Gasteiger partial charge in [0.1, 0.15) is 54.8 Å². The molecule has 0 aromatic carbocycles. The van der Waals surface area contributed by atoms with Crippen molar-refractivity contribution in [2.24, 2.45) is 29.1 Å². The van der Waals surface area contributed by atoms with Crippen LogP contribution in [-0.2, 0) is 128 Å². The van der Waals surface area contributed by atoms with Crippen LogP contribution in [0.25, 0.3) is 0 Å². The molecule has 0 aromatic heterocycles. The number of carbonyl (C=O) groups excluding carboxylic acids is 10. The second-order valence-corrected chi connectivity index (χ2v) is 34.4. The summed E-state index contributed by atoms with van der Waals surface area (Å²) in [5, 5.41) is 120. The molecule has 4 heterocycles. The first-order valence-corrected chi connectivity index (χ1v) is 46.7. The van der Waals surface area contributed by atoms with E-state index in [4.69, 9.17) is 52.1 Å². The minimum absolute atomic E-state index is 0. The molecule has 5 amide bonds. The third-order valence-electron chi connectivity index (χ3n) is 23.9. The molecule has 4 aliphatic heterocycles. The van der Waals surface area contributed by atoms with Crippen LogP contribution in [0.2, 0.25) is 0 Å². The summed E-state index contributed by atoms with van der Waals surface area (Å²) in [6, 6.07) is -0.308. The van der Waals surface area contributed by atoms with Crippen LogP contribution in [0.1, 0.15) is 265 Å². The van der Waals surface area contributed by atoms with Crippen molar-refractivity contribution in [3.8, 4) is 0 Å². The van der Waals surface area contributed by atoms with Gasteiger partial charge in [-0.2, -0.15) is 0 Å². The summed E-state index contributed by atoms with van der Waals surface area (Å²) >= 11 is 0. The number of nitrogens with zero attached hydrogens (tertiary/aromatic N) is 1. The Labute approximate surface area is 775 Å². The summed E-state index contributed by atoms with van der Waals surface area (Å²) in [7, 11) is 0. The Balaban J connectivity index is 0.0000416. The zero-order valence-electron chi connectivity index (χ0n) is 75.8. The first-order valence-electron chi connectivity index (χ1n) is 46.7. The number of ketones is 3. The third-order valence-corrected chi connectivity index (χ3v) is 23.9. The van der Waals surface area contributed by atoms with E-state index in [-0.39, 0.29) is 241 Å². The van der Waals surface area contributed by atoms with Gasteiger partial charge in [-0.05, 0) is 121 Å². The molecule has 0 spiro atoms. The van der Waals surface area contributed by atoms with Crippen LogP contribution in [0.5, 0.6) is 0 Å². The van der Waals surface area contributed by atoms with Crippen LogP contribution in [0, 0.1) is 29.1 Å². The number of aliphatic hydroxyl groups is 11. The van der Waals surface area contributed by atoms with E-state index in [2.05, 4.69) is 21.3 Å². The molecule has 17 atom stereocenters. The van der Waals surface area contributed by atoms with Crippen LogP contribution < -0.4 is 21.3 Å². The summed E-state index contributed by atoms with van der Waals surface area (Å²) in [6.07, 6.45) is 4.91. The van der Waals surface area contributed by atoms with Gasteiger partial charge in [0.2, 0.25) is 23.6 Å². The standard InChI is InChI=1S/C89H157N5O32.Y/c1-62-79(109)82(112)70(58-97)124-85(62)120-44-21-29-67(100)27-13-7-4-12-20-42-93-88(115)123-49-26-39-89(37-24-47-118-77(107)33-14-8-5-10-18-40-90-73(103)30-22-45-121-86-63(2)80(110)83(113)71(59-98)125-86,38-25-48-119-78(108)34-15-9-6-11-19-41-91-74(104)31-23-46-122-87-64(3)81(111)84(114)72(60-99)126-87)54-68(101)35-36-75(105)92-43-50-116-51-52-117-61-69(102)28-16-17-32-76(106)94-55-65(56-95)53-66(94)57-96;/h62-66,70-72,79-87,95-99,109-114H,4-61H2,1-3H3,(H,90,103)(H,91,104)(H,92,105)(H,93,115);/t62?,63?,64?,65-,66+,70?,71?,72?,79?,80?,81?,82?,83?,84?,85?,86?,87?,89?;/m0./s1. The minimum Gasteiger partial charge on any atom is -0.466 e. The number of likely N-dealkylation sites (tertiary alicyclic amines) is 1. The number of hydrogen-bond donors (Lipinski definition) is 15. The summed E-state index contributed by atoms with van der Waals surface area (Å²) in [6.45, 7) is 6.15. The molecule has 127 heavy (non-hydrogen) atoms. The second kappa shape index (κ2) is 70.2. The number of alkyl carbamates (subject to hydrolysis) is 1. The fraction of sp³-hybridized carbons (Fsp3) is 0.888. The van der Waals surface area contributed by atoms with E-state index in [1.807, 2.05) is 0 Å². The Bertz CT molecular complexity index is 2800. The molecule has 0 aliphatic carbocycles. The maximum Gasteiger partial charge on any atom is 0.407 e. The molecule has 4 saturated heterocycles. The van der Waals surface area contributed by atoms with Crippen molar-refractivity contribution in [3.05, 3.63) is 0 Å². The second-order valence-electron chi connectivity index (χ2n) is 34.4. The number of amides is 5. The van der Waals surface area contributed by atoms with Gasteiger partial charge >= 0.3 is 18.0 Å². The number of carbonyl (C=O) groups is 10. The molecule has 0 aromatic rings. The first kappa shape index (κ1) is 117. The average molecular weight is 1900 g/mol. The molecule has 37 nitrogen and oxygen atoms in total. The number of hydrogen-bond acceptors (Lipinski definition) is 32. The molecular formula is C89H157N5O32Y. The number of aliphatic hydroxyl groups excluding tert-OH is 11. The summed E-state index contributed by atoms with van der Waals surface area (Å²) in [4.78, 5) is 131. The summed E-state index contributed by atoms with van der Waals surface area (Å²) in [5.41, 5.74) is -0.776. The van der Waals surface area contributed by atoms with Gasteiger partial charge < -0.3 is 134 Å². The first-order chi connectivity index (χ1) is 60.7. The van der Waals surface area contributed by atoms with E-state index in [0.717, 1.165) is 70.6 Å². The van der Waals surface area contributed by atoms with Gasteiger partial charge in [0.05, 0.1) is 110 Å². The zero-order valence-corrected chi connectivity index (χ0v) is 78.7. The van der Waals surface area contributed by atoms with Crippen molar-refractivity contribution in [3.63, 3.8) is 0 Å². The topological polar surface area (TPSA) is 546 Å². The Hall–Kier alpha value is -4.56. The van der Waals surface area contributed by atoms with Crippen LogP contribution >= 0.6 is 0 Å².